The van der Waals surface area contributed by atoms with Crippen LogP contribution in [0.4, 0.5) is 0 Å². The lowest BCUT2D eigenvalue weighted by Gasteiger charge is -2.29. The maximum Gasteiger partial charge on any atom is 0.235 e. The molecule has 2 fully saturated rings. The van der Waals surface area contributed by atoms with Gasteiger partial charge in [0.2, 0.25) is 6.08 Å². The van der Waals surface area contributed by atoms with Gasteiger partial charge in [-0.15, -0.1) is 0 Å². The van der Waals surface area contributed by atoms with Crippen molar-refractivity contribution in [2.45, 2.75) is 37.1 Å². The van der Waals surface area contributed by atoms with Gasteiger partial charge in [0.25, 0.3) is 0 Å². The second-order valence-electron chi connectivity index (χ2n) is 5.93. The molecule has 3 rings (SSSR count). The molecular formula is C16H20N2O. The second-order valence-corrected chi connectivity index (χ2v) is 5.93. The quantitative estimate of drug-likeness (QED) is 0.615. The molecule has 3 heteroatoms. The van der Waals surface area contributed by atoms with Crippen molar-refractivity contribution in [1.29, 1.82) is 0 Å². The number of nitrogens with zero attached hydrogens (tertiary/aromatic N) is 2. The Kier molecular flexibility index (Phi) is 3.26. The van der Waals surface area contributed by atoms with Crippen LogP contribution in [-0.4, -0.2) is 31.1 Å². The van der Waals surface area contributed by atoms with Crippen molar-refractivity contribution in [3.05, 3.63) is 35.4 Å². The number of carbonyl (C=O) groups excluding carboxylic acids is 1. The fraction of sp³-hybridized carbons (Fsp3) is 0.562. The summed E-state index contributed by atoms with van der Waals surface area (Å²) in [6.07, 6.45) is 6.17. The molecule has 3 nitrogen and oxygen atoms in total. The summed E-state index contributed by atoms with van der Waals surface area (Å²) in [5, 5.41) is 0. The van der Waals surface area contributed by atoms with Crippen molar-refractivity contribution in [3.8, 4) is 0 Å². The second kappa shape index (κ2) is 4.92. The van der Waals surface area contributed by atoms with Gasteiger partial charge in [-0.3, -0.25) is 0 Å². The average molecular weight is 256 g/mol. The number of hydrogen-bond acceptors (Lipinski definition) is 3. The average Bonchev–Trinajstić information content (AvgIpc) is 3.21. The Labute approximate surface area is 114 Å². The highest BCUT2D eigenvalue weighted by molar-refractivity contribution is 5.42. The van der Waals surface area contributed by atoms with E-state index in [1.165, 1.54) is 37.1 Å². The van der Waals surface area contributed by atoms with Gasteiger partial charge < -0.3 is 4.90 Å². The maximum absolute atomic E-state index is 10.5. The molecule has 1 saturated heterocycles. The molecule has 2 aliphatic rings. The summed E-state index contributed by atoms with van der Waals surface area (Å²) in [6.45, 7) is 2.37. The highest BCUT2D eigenvalue weighted by Gasteiger charge is 2.44. The number of piperidine rings is 1. The van der Waals surface area contributed by atoms with Crippen LogP contribution in [0.25, 0.3) is 0 Å². The first-order valence-electron chi connectivity index (χ1n) is 7.11. The summed E-state index contributed by atoms with van der Waals surface area (Å²) in [6, 6.07) is 8.76. The van der Waals surface area contributed by atoms with E-state index in [1.807, 2.05) is 0 Å². The van der Waals surface area contributed by atoms with Crippen LogP contribution >= 0.6 is 0 Å². The van der Waals surface area contributed by atoms with Crippen molar-refractivity contribution in [2.24, 2.45) is 4.99 Å². The Hall–Kier alpha value is -1.44. The zero-order valence-electron chi connectivity index (χ0n) is 11.4. The fourth-order valence-electron chi connectivity index (χ4n) is 3.08. The summed E-state index contributed by atoms with van der Waals surface area (Å²) in [5.41, 5.74) is 2.38. The van der Waals surface area contributed by atoms with Crippen LogP contribution in [-0.2, 0) is 10.3 Å². The standard InChI is InChI=1S/C16H20N2O/c1-18-10-6-14(7-11-18)13-2-4-15(5-3-13)16(8-9-16)17-12-19/h2-5,14H,6-11H2,1H3. The molecule has 0 bridgehead atoms. The third kappa shape index (κ3) is 2.49. The Morgan fingerprint density at radius 1 is 1.21 bits per heavy atom. The summed E-state index contributed by atoms with van der Waals surface area (Å²) in [4.78, 5) is 16.9. The molecule has 1 aliphatic heterocycles. The van der Waals surface area contributed by atoms with Gasteiger partial charge in [-0.2, -0.15) is 4.99 Å². The molecule has 0 aromatic heterocycles. The van der Waals surface area contributed by atoms with Gasteiger partial charge in [-0.1, -0.05) is 24.3 Å². The van der Waals surface area contributed by atoms with E-state index in [0.29, 0.717) is 5.92 Å². The van der Waals surface area contributed by atoms with Gasteiger partial charge >= 0.3 is 0 Å². The number of aliphatic imine (C=N–C) groups is 1. The Morgan fingerprint density at radius 2 is 1.84 bits per heavy atom. The van der Waals surface area contributed by atoms with E-state index in [0.717, 1.165) is 12.8 Å². The molecule has 0 unspecified atom stereocenters. The van der Waals surface area contributed by atoms with Crippen molar-refractivity contribution in [1.82, 2.24) is 4.90 Å². The number of likely N-dealkylation sites (tertiary alicyclic amines) is 1. The zero-order chi connectivity index (χ0) is 13.3. The minimum atomic E-state index is -0.229. The van der Waals surface area contributed by atoms with Crippen LogP contribution < -0.4 is 0 Å². The molecule has 0 spiro atoms. The highest BCUT2D eigenvalue weighted by atomic mass is 16.1. The fourth-order valence-corrected chi connectivity index (χ4v) is 3.08. The largest absolute Gasteiger partial charge is 0.306 e. The molecule has 0 N–H and O–H groups in total. The molecule has 1 heterocycles. The Bertz CT molecular complexity index is 490. The lowest BCUT2D eigenvalue weighted by Crippen LogP contribution is -2.29. The predicted octanol–water partition coefficient (Wildman–Crippen LogP) is 2.82. The van der Waals surface area contributed by atoms with Gasteiger partial charge in [-0.25, -0.2) is 4.79 Å². The molecule has 100 valence electrons. The van der Waals surface area contributed by atoms with Gasteiger partial charge in [-0.05, 0) is 62.9 Å². The molecule has 1 saturated carbocycles. The van der Waals surface area contributed by atoms with Crippen LogP contribution in [0.15, 0.2) is 29.3 Å². The normalized spacial score (nSPS) is 22.8. The van der Waals surface area contributed by atoms with E-state index in [1.54, 1.807) is 6.08 Å². The van der Waals surface area contributed by atoms with E-state index in [4.69, 9.17) is 0 Å². The molecule has 1 aliphatic carbocycles. The number of benzene rings is 1. The minimum Gasteiger partial charge on any atom is -0.306 e. The summed E-state index contributed by atoms with van der Waals surface area (Å²) in [5.74, 6) is 0.690. The first-order chi connectivity index (χ1) is 9.23. The van der Waals surface area contributed by atoms with E-state index in [2.05, 4.69) is 41.2 Å². The molecule has 1 aromatic carbocycles. The maximum atomic E-state index is 10.5. The molecule has 1 aromatic rings. The van der Waals surface area contributed by atoms with Crippen LogP contribution in [0.2, 0.25) is 0 Å². The van der Waals surface area contributed by atoms with E-state index in [-0.39, 0.29) is 5.54 Å². The SMILES string of the molecule is CN1CCC(c2ccc(C3(N=C=O)CC3)cc2)CC1. The van der Waals surface area contributed by atoms with Gasteiger partial charge in [0, 0.05) is 0 Å². The van der Waals surface area contributed by atoms with Crippen molar-refractivity contribution >= 4 is 6.08 Å². The van der Waals surface area contributed by atoms with Gasteiger partial charge in [0.05, 0.1) is 5.54 Å². The van der Waals surface area contributed by atoms with Crippen LogP contribution in [0, 0.1) is 0 Å². The van der Waals surface area contributed by atoms with Crippen LogP contribution in [0.1, 0.15) is 42.7 Å². The van der Waals surface area contributed by atoms with Crippen molar-refractivity contribution in [3.63, 3.8) is 0 Å². The van der Waals surface area contributed by atoms with Crippen LogP contribution in [0.5, 0.6) is 0 Å². The molecule has 0 atom stereocenters. The van der Waals surface area contributed by atoms with E-state index >= 15 is 0 Å². The molecule has 0 amide bonds. The van der Waals surface area contributed by atoms with Crippen LogP contribution in [0.3, 0.4) is 0 Å². The number of hydrogen-bond donors (Lipinski definition) is 0. The predicted molar refractivity (Wildman–Crippen MR) is 74.9 cm³/mol. The molecular weight excluding hydrogens is 236 g/mol. The monoisotopic (exact) mass is 256 g/mol. The zero-order valence-corrected chi connectivity index (χ0v) is 11.4. The number of rotatable bonds is 3. The van der Waals surface area contributed by atoms with Crippen molar-refractivity contribution < 1.29 is 4.79 Å². The van der Waals surface area contributed by atoms with Crippen molar-refractivity contribution in [2.75, 3.05) is 20.1 Å². The van der Waals surface area contributed by atoms with Gasteiger partial charge in [0.15, 0.2) is 0 Å². The van der Waals surface area contributed by atoms with E-state index in [9.17, 15) is 4.79 Å². The Morgan fingerprint density at radius 3 is 2.37 bits per heavy atom. The van der Waals surface area contributed by atoms with E-state index < -0.39 is 0 Å². The molecule has 0 radical (unpaired) electrons. The highest BCUT2D eigenvalue weighted by Crippen LogP contribution is 2.49. The third-order valence-corrected chi connectivity index (χ3v) is 4.62. The topological polar surface area (TPSA) is 32.7 Å². The van der Waals surface area contributed by atoms with Gasteiger partial charge in [0.1, 0.15) is 0 Å². The Balaban J connectivity index is 1.74. The summed E-state index contributed by atoms with van der Waals surface area (Å²) >= 11 is 0. The molecule has 19 heavy (non-hydrogen) atoms. The number of isocyanates is 1. The first-order valence-corrected chi connectivity index (χ1v) is 7.11. The first kappa shape index (κ1) is 12.6. The summed E-state index contributed by atoms with van der Waals surface area (Å²) in [7, 11) is 2.19. The summed E-state index contributed by atoms with van der Waals surface area (Å²) < 4.78 is 0. The smallest absolute Gasteiger partial charge is 0.235 e. The lowest BCUT2D eigenvalue weighted by molar-refractivity contribution is 0.255. The minimum absolute atomic E-state index is 0.229. The lowest BCUT2D eigenvalue weighted by atomic mass is 9.88. The third-order valence-electron chi connectivity index (χ3n) is 4.62.